The van der Waals surface area contributed by atoms with Crippen molar-refractivity contribution in [3.05, 3.63) is 17.5 Å². The molecule has 0 saturated heterocycles. The van der Waals surface area contributed by atoms with E-state index in [1.54, 1.807) is 0 Å². The number of rotatable bonds is 8. The number of aromatic nitrogens is 2. The van der Waals surface area contributed by atoms with Crippen molar-refractivity contribution in [2.24, 2.45) is 5.92 Å². The minimum atomic E-state index is -0.858. The summed E-state index contributed by atoms with van der Waals surface area (Å²) in [5, 5.41) is 16.1. The van der Waals surface area contributed by atoms with Gasteiger partial charge in [0.1, 0.15) is 0 Å². The lowest BCUT2D eigenvalue weighted by Crippen LogP contribution is -2.34. The molecule has 0 bridgehead atoms. The Hall–Kier alpha value is -1.85. The van der Waals surface area contributed by atoms with Crippen LogP contribution in [0.2, 0.25) is 0 Å². The highest BCUT2D eigenvalue weighted by Gasteiger charge is 2.19. The molecule has 1 rings (SSSR count). The predicted molar refractivity (Wildman–Crippen MR) is 80.1 cm³/mol. The Bertz CT molecular complexity index is 496. The summed E-state index contributed by atoms with van der Waals surface area (Å²) in [6.45, 7) is 7.92. The summed E-state index contributed by atoms with van der Waals surface area (Å²) in [5.41, 5.74) is 1.94. The third-order valence-electron chi connectivity index (χ3n) is 3.47. The highest BCUT2D eigenvalue weighted by molar-refractivity contribution is 5.77. The molecule has 0 saturated carbocycles. The molecule has 1 heterocycles. The lowest BCUT2D eigenvalue weighted by Gasteiger charge is -2.16. The molecular weight excluding hydrogens is 270 g/mol. The summed E-state index contributed by atoms with van der Waals surface area (Å²) in [4.78, 5) is 23.0. The summed E-state index contributed by atoms with van der Waals surface area (Å²) in [6.07, 6.45) is 1.65. The second-order valence-electron chi connectivity index (χ2n) is 5.55. The van der Waals surface area contributed by atoms with Gasteiger partial charge in [0.15, 0.2) is 0 Å². The fourth-order valence-electron chi connectivity index (χ4n) is 2.42. The molecule has 1 amide bonds. The van der Waals surface area contributed by atoms with Crippen LogP contribution in [0.1, 0.15) is 50.5 Å². The molecule has 118 valence electrons. The second-order valence-corrected chi connectivity index (χ2v) is 5.55. The van der Waals surface area contributed by atoms with Crippen molar-refractivity contribution in [3.63, 3.8) is 0 Å². The van der Waals surface area contributed by atoms with Crippen LogP contribution in [0.15, 0.2) is 6.07 Å². The van der Waals surface area contributed by atoms with Crippen molar-refractivity contribution >= 4 is 11.9 Å². The van der Waals surface area contributed by atoms with Crippen LogP contribution in [0.4, 0.5) is 0 Å². The lowest BCUT2D eigenvalue weighted by atomic mass is 10.0. The Morgan fingerprint density at radius 3 is 2.57 bits per heavy atom. The van der Waals surface area contributed by atoms with E-state index in [9.17, 15) is 9.59 Å². The number of aliphatic carboxylic acids is 1. The molecule has 1 aromatic heterocycles. The van der Waals surface area contributed by atoms with Gasteiger partial charge in [-0.3, -0.25) is 14.3 Å². The Balaban J connectivity index is 2.49. The Morgan fingerprint density at radius 1 is 1.43 bits per heavy atom. The van der Waals surface area contributed by atoms with Crippen molar-refractivity contribution < 1.29 is 14.7 Å². The minimum Gasteiger partial charge on any atom is -0.481 e. The number of nitrogens with zero attached hydrogens (tertiary/aromatic N) is 2. The van der Waals surface area contributed by atoms with Gasteiger partial charge in [0.05, 0.1) is 17.7 Å². The van der Waals surface area contributed by atoms with Gasteiger partial charge in [-0.2, -0.15) is 5.10 Å². The molecule has 0 radical (unpaired) electrons. The Morgan fingerprint density at radius 2 is 2.10 bits per heavy atom. The quantitative estimate of drug-likeness (QED) is 0.769. The summed E-state index contributed by atoms with van der Waals surface area (Å²) in [7, 11) is 0. The van der Waals surface area contributed by atoms with Gasteiger partial charge in [-0.1, -0.05) is 13.3 Å². The van der Waals surface area contributed by atoms with E-state index in [1.165, 1.54) is 0 Å². The summed E-state index contributed by atoms with van der Waals surface area (Å²) in [5.74, 6) is -1.51. The zero-order valence-corrected chi connectivity index (χ0v) is 13.2. The van der Waals surface area contributed by atoms with Gasteiger partial charge in [0.25, 0.3) is 0 Å². The Labute approximate surface area is 125 Å². The van der Waals surface area contributed by atoms with Crippen LogP contribution in [0.3, 0.4) is 0 Å². The normalized spacial score (nSPS) is 13.7. The number of hydrogen-bond donors (Lipinski definition) is 2. The van der Waals surface area contributed by atoms with Crippen molar-refractivity contribution in [1.29, 1.82) is 0 Å². The number of aryl methyl sites for hydroxylation is 2. The van der Waals surface area contributed by atoms with Crippen LogP contribution in [0.25, 0.3) is 0 Å². The first-order valence-electron chi connectivity index (χ1n) is 7.37. The van der Waals surface area contributed by atoms with Crippen LogP contribution < -0.4 is 5.32 Å². The van der Waals surface area contributed by atoms with E-state index >= 15 is 0 Å². The number of carbonyl (C=O) groups is 2. The average molecular weight is 295 g/mol. The molecule has 0 aromatic carbocycles. The van der Waals surface area contributed by atoms with E-state index in [0.29, 0.717) is 12.8 Å². The van der Waals surface area contributed by atoms with Crippen LogP contribution in [-0.4, -0.2) is 33.3 Å². The van der Waals surface area contributed by atoms with Gasteiger partial charge in [0, 0.05) is 18.7 Å². The van der Waals surface area contributed by atoms with Crippen molar-refractivity contribution in [1.82, 2.24) is 15.1 Å². The number of carboxylic acids is 1. The second kappa shape index (κ2) is 7.81. The molecule has 0 aliphatic heterocycles. The van der Waals surface area contributed by atoms with Gasteiger partial charge in [0.2, 0.25) is 5.91 Å². The minimum absolute atomic E-state index is 0.0480. The SMILES string of the molecule is CCCC(CNC(=O)CC(C)n1nc(C)cc1C)C(=O)O. The van der Waals surface area contributed by atoms with E-state index in [1.807, 2.05) is 38.4 Å². The zero-order valence-electron chi connectivity index (χ0n) is 13.2. The predicted octanol–water partition coefficient (Wildman–Crippen LogP) is 2.07. The number of carboxylic acid groups (broad SMARTS) is 1. The molecule has 2 N–H and O–H groups in total. The average Bonchev–Trinajstić information content (AvgIpc) is 2.73. The van der Waals surface area contributed by atoms with E-state index < -0.39 is 11.9 Å². The molecule has 21 heavy (non-hydrogen) atoms. The maximum absolute atomic E-state index is 11.9. The van der Waals surface area contributed by atoms with E-state index in [-0.39, 0.29) is 18.5 Å². The van der Waals surface area contributed by atoms with Crippen LogP contribution >= 0.6 is 0 Å². The molecular formula is C15H25N3O3. The maximum atomic E-state index is 11.9. The smallest absolute Gasteiger partial charge is 0.308 e. The van der Waals surface area contributed by atoms with E-state index in [2.05, 4.69) is 10.4 Å². The van der Waals surface area contributed by atoms with Gasteiger partial charge in [-0.15, -0.1) is 0 Å². The van der Waals surface area contributed by atoms with Gasteiger partial charge >= 0.3 is 5.97 Å². The molecule has 2 atom stereocenters. The first-order valence-corrected chi connectivity index (χ1v) is 7.37. The largest absolute Gasteiger partial charge is 0.481 e. The maximum Gasteiger partial charge on any atom is 0.308 e. The number of hydrogen-bond acceptors (Lipinski definition) is 3. The first-order chi connectivity index (χ1) is 9.85. The third kappa shape index (κ3) is 5.21. The topological polar surface area (TPSA) is 84.2 Å². The first kappa shape index (κ1) is 17.2. The van der Waals surface area contributed by atoms with Crippen molar-refractivity contribution in [2.75, 3.05) is 6.54 Å². The molecule has 0 spiro atoms. The molecule has 1 aromatic rings. The van der Waals surface area contributed by atoms with Crippen molar-refractivity contribution in [3.8, 4) is 0 Å². The highest BCUT2D eigenvalue weighted by atomic mass is 16.4. The van der Waals surface area contributed by atoms with E-state index in [4.69, 9.17) is 5.11 Å². The molecule has 0 fully saturated rings. The zero-order chi connectivity index (χ0) is 16.0. The van der Waals surface area contributed by atoms with Crippen molar-refractivity contribution in [2.45, 2.75) is 53.0 Å². The monoisotopic (exact) mass is 295 g/mol. The van der Waals surface area contributed by atoms with E-state index in [0.717, 1.165) is 17.8 Å². The lowest BCUT2D eigenvalue weighted by molar-refractivity contribution is -0.141. The molecule has 6 nitrogen and oxygen atoms in total. The fraction of sp³-hybridized carbons (Fsp3) is 0.667. The van der Waals surface area contributed by atoms with Crippen LogP contribution in [-0.2, 0) is 9.59 Å². The molecule has 0 aliphatic rings. The highest BCUT2D eigenvalue weighted by Crippen LogP contribution is 2.14. The van der Waals surface area contributed by atoms with Gasteiger partial charge < -0.3 is 10.4 Å². The van der Waals surface area contributed by atoms with Crippen LogP contribution in [0, 0.1) is 19.8 Å². The number of carbonyl (C=O) groups excluding carboxylic acids is 1. The Kier molecular flexibility index (Phi) is 6.39. The molecule has 0 aliphatic carbocycles. The summed E-state index contributed by atoms with van der Waals surface area (Å²) >= 11 is 0. The molecule has 2 unspecified atom stereocenters. The van der Waals surface area contributed by atoms with Gasteiger partial charge in [-0.25, -0.2) is 0 Å². The summed E-state index contributed by atoms with van der Waals surface area (Å²) in [6, 6.07) is 1.92. The van der Waals surface area contributed by atoms with Crippen LogP contribution in [0.5, 0.6) is 0 Å². The molecule has 6 heteroatoms. The van der Waals surface area contributed by atoms with Gasteiger partial charge in [-0.05, 0) is 33.3 Å². The fourth-order valence-corrected chi connectivity index (χ4v) is 2.42. The third-order valence-corrected chi connectivity index (χ3v) is 3.47. The standard InChI is InChI=1S/C15H25N3O3/c1-5-6-13(15(20)21)9-16-14(19)8-12(4)18-11(3)7-10(2)17-18/h7,12-13H,5-6,8-9H2,1-4H3,(H,16,19)(H,20,21). The number of nitrogens with one attached hydrogen (secondary N) is 1. The number of amides is 1. The summed E-state index contributed by atoms with van der Waals surface area (Å²) < 4.78 is 1.83.